The second-order valence-corrected chi connectivity index (χ2v) is 7.26. The molecule has 0 amide bonds. The van der Waals surface area contributed by atoms with Crippen LogP contribution in [0.15, 0.2) is 79.1 Å². The number of aromatic amines is 1. The van der Waals surface area contributed by atoms with E-state index < -0.39 is 17.6 Å². The largest absolute Gasteiger partial charge is 0.425 e. The standard InChI is InChI=1S/C23H15F4N3O/c24-16-6-8-17(9-7-16)30-21-10-5-15(11-14(21)12-29-30)22(31,23(25,26)27)19-13-28-20-4-2-1-3-18(19)20/h1-13,28,31H. The minimum atomic E-state index is -4.97. The number of aromatic nitrogens is 3. The monoisotopic (exact) mass is 425 g/mol. The maximum atomic E-state index is 14.3. The molecule has 5 rings (SSSR count). The molecule has 3 aromatic carbocycles. The Labute approximate surface area is 173 Å². The second-order valence-electron chi connectivity index (χ2n) is 7.26. The van der Waals surface area contributed by atoms with Crippen LogP contribution < -0.4 is 0 Å². The van der Waals surface area contributed by atoms with Crippen molar-refractivity contribution in [2.24, 2.45) is 0 Å². The number of H-pyrrole nitrogens is 1. The topological polar surface area (TPSA) is 53.8 Å². The van der Waals surface area contributed by atoms with Gasteiger partial charge in [-0.15, -0.1) is 0 Å². The van der Waals surface area contributed by atoms with E-state index in [1.54, 1.807) is 18.2 Å². The van der Waals surface area contributed by atoms with Crippen molar-refractivity contribution in [3.8, 4) is 5.69 Å². The summed E-state index contributed by atoms with van der Waals surface area (Å²) in [7, 11) is 0. The van der Waals surface area contributed by atoms with Gasteiger partial charge >= 0.3 is 6.18 Å². The van der Waals surface area contributed by atoms with Crippen LogP contribution in [-0.4, -0.2) is 26.0 Å². The normalized spacial score (nSPS) is 14.2. The zero-order valence-electron chi connectivity index (χ0n) is 15.9. The van der Waals surface area contributed by atoms with Crippen LogP contribution in [0.5, 0.6) is 0 Å². The summed E-state index contributed by atoms with van der Waals surface area (Å²) in [5.74, 6) is -0.406. The summed E-state index contributed by atoms with van der Waals surface area (Å²) in [4.78, 5) is 2.80. The zero-order valence-corrected chi connectivity index (χ0v) is 15.9. The molecule has 5 aromatic rings. The lowest BCUT2D eigenvalue weighted by atomic mass is 9.85. The number of fused-ring (bicyclic) bond motifs is 2. The first-order valence-electron chi connectivity index (χ1n) is 9.39. The Morgan fingerprint density at radius 2 is 1.68 bits per heavy atom. The van der Waals surface area contributed by atoms with Crippen molar-refractivity contribution in [3.05, 3.63) is 96.1 Å². The highest BCUT2D eigenvalue weighted by molar-refractivity contribution is 5.86. The van der Waals surface area contributed by atoms with Gasteiger partial charge in [-0.1, -0.05) is 24.3 Å². The number of rotatable bonds is 3. The molecule has 31 heavy (non-hydrogen) atoms. The van der Waals surface area contributed by atoms with Gasteiger partial charge < -0.3 is 10.1 Å². The average Bonchev–Trinajstić information content (AvgIpc) is 3.37. The fourth-order valence-electron chi connectivity index (χ4n) is 3.89. The number of nitrogens with one attached hydrogen (secondary N) is 1. The summed E-state index contributed by atoms with van der Waals surface area (Å²) in [5, 5.41) is 16.0. The minimum Gasteiger partial charge on any atom is -0.372 e. The molecule has 156 valence electrons. The predicted octanol–water partition coefficient (Wildman–Crippen LogP) is 5.44. The van der Waals surface area contributed by atoms with Crippen molar-refractivity contribution < 1.29 is 22.7 Å². The molecule has 0 saturated carbocycles. The third kappa shape index (κ3) is 2.90. The fraction of sp³-hybridized carbons (Fsp3) is 0.0870. The second kappa shape index (κ2) is 6.68. The Kier molecular flexibility index (Phi) is 4.16. The molecular weight excluding hydrogens is 410 g/mol. The van der Waals surface area contributed by atoms with E-state index >= 15 is 0 Å². The van der Waals surface area contributed by atoms with Gasteiger partial charge in [-0.25, -0.2) is 9.07 Å². The van der Waals surface area contributed by atoms with Crippen LogP contribution in [0.1, 0.15) is 11.1 Å². The molecule has 4 nitrogen and oxygen atoms in total. The molecule has 1 unspecified atom stereocenters. The molecule has 0 fully saturated rings. The van der Waals surface area contributed by atoms with Gasteiger partial charge in [0.15, 0.2) is 0 Å². The van der Waals surface area contributed by atoms with Crippen LogP contribution in [0.2, 0.25) is 0 Å². The highest BCUT2D eigenvalue weighted by Crippen LogP contribution is 2.47. The van der Waals surface area contributed by atoms with E-state index in [4.69, 9.17) is 0 Å². The molecule has 0 aliphatic carbocycles. The first-order chi connectivity index (χ1) is 14.8. The minimum absolute atomic E-state index is 0.277. The molecule has 2 N–H and O–H groups in total. The Balaban J connectivity index is 1.69. The van der Waals surface area contributed by atoms with E-state index in [-0.39, 0.29) is 16.5 Å². The van der Waals surface area contributed by atoms with Gasteiger partial charge in [-0.2, -0.15) is 18.3 Å². The van der Waals surface area contributed by atoms with Gasteiger partial charge in [0, 0.05) is 28.0 Å². The summed E-state index contributed by atoms with van der Waals surface area (Å²) in [6.07, 6.45) is -2.38. The zero-order chi connectivity index (χ0) is 21.8. The Morgan fingerprint density at radius 1 is 0.935 bits per heavy atom. The maximum absolute atomic E-state index is 14.3. The Hall–Kier alpha value is -3.65. The fourth-order valence-corrected chi connectivity index (χ4v) is 3.89. The number of para-hydroxylation sites is 1. The van der Waals surface area contributed by atoms with Gasteiger partial charge in [0.1, 0.15) is 5.82 Å². The van der Waals surface area contributed by atoms with Crippen molar-refractivity contribution >= 4 is 21.8 Å². The van der Waals surface area contributed by atoms with E-state index in [0.29, 0.717) is 22.1 Å². The smallest absolute Gasteiger partial charge is 0.372 e. The third-order valence-electron chi connectivity index (χ3n) is 5.45. The molecule has 2 aromatic heterocycles. The van der Waals surface area contributed by atoms with Crippen molar-refractivity contribution in [1.29, 1.82) is 0 Å². The lowest BCUT2D eigenvalue weighted by molar-refractivity contribution is -0.247. The van der Waals surface area contributed by atoms with Crippen LogP contribution in [0.25, 0.3) is 27.5 Å². The summed E-state index contributed by atoms with van der Waals surface area (Å²) in [5.41, 5.74) is -2.24. The number of alkyl halides is 3. The number of hydrogen-bond acceptors (Lipinski definition) is 2. The van der Waals surface area contributed by atoms with Gasteiger partial charge in [-0.05, 0) is 48.0 Å². The lowest BCUT2D eigenvalue weighted by Crippen LogP contribution is -2.43. The van der Waals surface area contributed by atoms with Gasteiger partial charge in [0.25, 0.3) is 0 Å². The molecule has 0 saturated heterocycles. The average molecular weight is 425 g/mol. The van der Waals surface area contributed by atoms with E-state index in [1.165, 1.54) is 65.6 Å². The Morgan fingerprint density at radius 3 is 2.42 bits per heavy atom. The predicted molar refractivity (Wildman–Crippen MR) is 108 cm³/mol. The van der Waals surface area contributed by atoms with Crippen LogP contribution in [-0.2, 0) is 5.60 Å². The van der Waals surface area contributed by atoms with E-state index in [2.05, 4.69) is 10.1 Å². The number of halogens is 4. The molecule has 0 radical (unpaired) electrons. The molecular formula is C23H15F4N3O. The van der Waals surface area contributed by atoms with Gasteiger partial charge in [0.05, 0.1) is 17.4 Å². The van der Waals surface area contributed by atoms with Gasteiger partial charge in [-0.3, -0.25) is 0 Å². The highest BCUT2D eigenvalue weighted by atomic mass is 19.4. The Bertz CT molecular complexity index is 1400. The van der Waals surface area contributed by atoms with Crippen molar-refractivity contribution in [2.75, 3.05) is 0 Å². The molecule has 1 atom stereocenters. The van der Waals surface area contributed by atoms with Crippen LogP contribution in [0.4, 0.5) is 17.6 Å². The number of aliphatic hydroxyl groups is 1. The molecule has 0 aliphatic heterocycles. The van der Waals surface area contributed by atoms with Gasteiger partial charge in [0.2, 0.25) is 5.60 Å². The summed E-state index contributed by atoms with van der Waals surface area (Å²) in [6.45, 7) is 0. The van der Waals surface area contributed by atoms with Crippen molar-refractivity contribution in [1.82, 2.24) is 14.8 Å². The third-order valence-corrected chi connectivity index (χ3v) is 5.45. The maximum Gasteiger partial charge on any atom is 0.425 e. The number of benzene rings is 3. The molecule has 8 heteroatoms. The quantitative estimate of drug-likeness (QED) is 0.378. The van der Waals surface area contributed by atoms with Crippen molar-refractivity contribution in [3.63, 3.8) is 0 Å². The van der Waals surface area contributed by atoms with Crippen LogP contribution in [0.3, 0.4) is 0 Å². The summed E-state index contributed by atoms with van der Waals surface area (Å²) < 4.78 is 57.5. The highest BCUT2D eigenvalue weighted by Gasteiger charge is 2.57. The lowest BCUT2D eigenvalue weighted by Gasteiger charge is -2.31. The molecule has 0 spiro atoms. The SMILES string of the molecule is OC(c1ccc2c(cnn2-c2ccc(F)cc2)c1)(c1c[nH]c2ccccc12)C(F)(F)F. The summed E-state index contributed by atoms with van der Waals surface area (Å²) in [6, 6.07) is 16.1. The molecule has 0 aliphatic rings. The van der Waals surface area contributed by atoms with Crippen LogP contribution in [0, 0.1) is 5.82 Å². The first-order valence-corrected chi connectivity index (χ1v) is 9.39. The number of nitrogens with zero attached hydrogens (tertiary/aromatic N) is 2. The number of hydrogen-bond donors (Lipinski definition) is 2. The molecule has 0 bridgehead atoms. The van der Waals surface area contributed by atoms with E-state index in [0.717, 1.165) is 0 Å². The van der Waals surface area contributed by atoms with Crippen LogP contribution >= 0.6 is 0 Å². The molecule has 2 heterocycles. The summed E-state index contributed by atoms with van der Waals surface area (Å²) >= 11 is 0. The first kappa shape index (κ1) is 19.3. The van der Waals surface area contributed by atoms with E-state index in [9.17, 15) is 22.7 Å². The van der Waals surface area contributed by atoms with E-state index in [1.807, 2.05) is 0 Å². The van der Waals surface area contributed by atoms with Crippen molar-refractivity contribution in [2.45, 2.75) is 11.8 Å².